The Hall–Kier alpha value is -2.18. The van der Waals surface area contributed by atoms with Gasteiger partial charge in [0.15, 0.2) is 0 Å². The van der Waals surface area contributed by atoms with E-state index in [1.807, 2.05) is 29.1 Å². The van der Waals surface area contributed by atoms with Crippen LogP contribution in [0.3, 0.4) is 0 Å². The Morgan fingerprint density at radius 2 is 2.27 bits per heavy atom. The van der Waals surface area contributed by atoms with Gasteiger partial charge in [0.1, 0.15) is 6.10 Å². The molecule has 1 atom stereocenters. The van der Waals surface area contributed by atoms with Crippen molar-refractivity contribution in [1.82, 2.24) is 19.4 Å². The number of rotatable bonds is 9. The van der Waals surface area contributed by atoms with Crippen LogP contribution < -0.4 is 4.74 Å². The third-order valence-corrected chi connectivity index (χ3v) is 4.48. The molecule has 3 rings (SSSR count). The van der Waals surface area contributed by atoms with E-state index in [0.717, 1.165) is 64.2 Å². The number of pyridine rings is 1. The van der Waals surface area contributed by atoms with Gasteiger partial charge < -0.3 is 14.0 Å². The lowest BCUT2D eigenvalue weighted by Crippen LogP contribution is -2.37. The summed E-state index contributed by atoms with van der Waals surface area (Å²) >= 11 is 0. The highest BCUT2D eigenvalue weighted by molar-refractivity contribution is 5.18. The third kappa shape index (κ3) is 5.97. The number of allylic oxidation sites excluding steroid dienone is 1. The minimum absolute atomic E-state index is 0.109. The van der Waals surface area contributed by atoms with Gasteiger partial charge in [-0.3, -0.25) is 4.90 Å². The Labute approximate surface area is 155 Å². The fraction of sp³-hybridized carbons (Fsp3) is 0.500. The van der Waals surface area contributed by atoms with E-state index in [-0.39, 0.29) is 6.10 Å². The molecule has 0 radical (unpaired) electrons. The zero-order valence-corrected chi connectivity index (χ0v) is 15.3. The quantitative estimate of drug-likeness (QED) is 0.647. The molecular formula is C20H28N4O2. The normalized spacial score (nSPS) is 16.8. The SMILES string of the molecule is C=CCC[C@H](CN1CCCOCC1)Oc1ccc(Cn2ccnc2)cn1. The first kappa shape index (κ1) is 18.6. The van der Waals surface area contributed by atoms with E-state index >= 15 is 0 Å². The van der Waals surface area contributed by atoms with Gasteiger partial charge in [-0.2, -0.15) is 0 Å². The van der Waals surface area contributed by atoms with Crippen molar-refractivity contribution in [1.29, 1.82) is 0 Å². The summed E-state index contributed by atoms with van der Waals surface area (Å²) in [6.45, 7) is 9.18. The Kier molecular flexibility index (Phi) is 7.22. The molecule has 0 aliphatic carbocycles. The Balaban J connectivity index is 1.57. The van der Waals surface area contributed by atoms with E-state index in [1.54, 1.807) is 12.5 Å². The topological polar surface area (TPSA) is 52.4 Å². The summed E-state index contributed by atoms with van der Waals surface area (Å²) in [6.07, 6.45) is 12.4. The maximum Gasteiger partial charge on any atom is 0.213 e. The van der Waals surface area contributed by atoms with Crippen molar-refractivity contribution >= 4 is 0 Å². The maximum absolute atomic E-state index is 6.19. The van der Waals surface area contributed by atoms with Crippen LogP contribution in [0.4, 0.5) is 0 Å². The van der Waals surface area contributed by atoms with E-state index in [4.69, 9.17) is 9.47 Å². The molecule has 0 amide bonds. The predicted octanol–water partition coefficient (Wildman–Crippen LogP) is 2.76. The molecule has 0 aromatic carbocycles. The molecule has 1 saturated heterocycles. The van der Waals surface area contributed by atoms with Gasteiger partial charge >= 0.3 is 0 Å². The monoisotopic (exact) mass is 356 g/mol. The third-order valence-electron chi connectivity index (χ3n) is 4.48. The number of aromatic nitrogens is 3. The van der Waals surface area contributed by atoms with E-state index in [1.165, 1.54) is 0 Å². The first-order valence-electron chi connectivity index (χ1n) is 9.32. The average molecular weight is 356 g/mol. The zero-order chi connectivity index (χ0) is 18.0. The second kappa shape index (κ2) is 10.1. The van der Waals surface area contributed by atoms with Crippen LogP contribution in [-0.2, 0) is 11.3 Å². The van der Waals surface area contributed by atoms with E-state index in [0.29, 0.717) is 5.88 Å². The molecule has 1 aliphatic heterocycles. The van der Waals surface area contributed by atoms with Crippen molar-refractivity contribution in [2.45, 2.75) is 31.9 Å². The molecule has 6 nitrogen and oxygen atoms in total. The standard InChI is InChI=1S/C20H28N4O2/c1-2-3-5-19(16-23-9-4-12-25-13-11-23)26-20-7-6-18(14-22-20)15-24-10-8-21-17-24/h2,6-8,10,14,17,19H,1,3-5,9,11-13,15-16H2/t19-/m1/s1. The van der Waals surface area contributed by atoms with Crippen LogP contribution in [0.15, 0.2) is 49.7 Å². The lowest BCUT2D eigenvalue weighted by atomic mass is 10.1. The van der Waals surface area contributed by atoms with Gasteiger partial charge in [-0.15, -0.1) is 6.58 Å². The number of hydrogen-bond acceptors (Lipinski definition) is 5. The van der Waals surface area contributed by atoms with E-state index in [9.17, 15) is 0 Å². The van der Waals surface area contributed by atoms with Crippen molar-refractivity contribution < 1.29 is 9.47 Å². The van der Waals surface area contributed by atoms with Gasteiger partial charge in [0.05, 0.1) is 19.5 Å². The summed E-state index contributed by atoms with van der Waals surface area (Å²) < 4.78 is 13.8. The van der Waals surface area contributed by atoms with Gasteiger partial charge in [0.2, 0.25) is 5.88 Å². The Bertz CT molecular complexity index is 634. The largest absolute Gasteiger partial charge is 0.473 e. The van der Waals surface area contributed by atoms with Gasteiger partial charge in [-0.05, 0) is 24.8 Å². The highest BCUT2D eigenvalue weighted by Crippen LogP contribution is 2.15. The van der Waals surface area contributed by atoms with Crippen LogP contribution >= 0.6 is 0 Å². The predicted molar refractivity (Wildman–Crippen MR) is 101 cm³/mol. The lowest BCUT2D eigenvalue weighted by Gasteiger charge is -2.26. The molecule has 26 heavy (non-hydrogen) atoms. The molecular weight excluding hydrogens is 328 g/mol. The van der Waals surface area contributed by atoms with Crippen molar-refractivity contribution in [3.63, 3.8) is 0 Å². The minimum Gasteiger partial charge on any atom is -0.473 e. The van der Waals surface area contributed by atoms with Crippen LogP contribution in [0, 0.1) is 0 Å². The Morgan fingerprint density at radius 1 is 1.31 bits per heavy atom. The number of imidazole rings is 1. The number of hydrogen-bond donors (Lipinski definition) is 0. The molecule has 0 bridgehead atoms. The number of nitrogens with zero attached hydrogens (tertiary/aromatic N) is 4. The smallest absolute Gasteiger partial charge is 0.213 e. The fourth-order valence-electron chi connectivity index (χ4n) is 3.10. The second-order valence-corrected chi connectivity index (χ2v) is 6.61. The summed E-state index contributed by atoms with van der Waals surface area (Å²) in [5.74, 6) is 0.680. The molecule has 2 aromatic rings. The average Bonchev–Trinajstić information content (AvgIpc) is 3.03. The zero-order valence-electron chi connectivity index (χ0n) is 15.3. The molecule has 3 heterocycles. The fourth-order valence-corrected chi connectivity index (χ4v) is 3.10. The first-order chi connectivity index (χ1) is 12.8. The van der Waals surface area contributed by atoms with Crippen LogP contribution in [0.2, 0.25) is 0 Å². The van der Waals surface area contributed by atoms with Crippen LogP contribution in [-0.4, -0.2) is 58.4 Å². The molecule has 2 aromatic heterocycles. The molecule has 6 heteroatoms. The van der Waals surface area contributed by atoms with Crippen LogP contribution in [0.5, 0.6) is 5.88 Å². The Morgan fingerprint density at radius 3 is 3.04 bits per heavy atom. The molecule has 0 N–H and O–H groups in total. The summed E-state index contributed by atoms with van der Waals surface area (Å²) in [5.41, 5.74) is 1.13. The van der Waals surface area contributed by atoms with E-state index in [2.05, 4.69) is 27.5 Å². The number of ether oxygens (including phenoxy) is 2. The lowest BCUT2D eigenvalue weighted by molar-refractivity contribution is 0.109. The summed E-state index contributed by atoms with van der Waals surface area (Å²) in [6, 6.07) is 4.02. The molecule has 140 valence electrons. The van der Waals surface area contributed by atoms with E-state index < -0.39 is 0 Å². The molecule has 0 spiro atoms. The molecule has 1 fully saturated rings. The molecule has 1 aliphatic rings. The minimum atomic E-state index is 0.109. The van der Waals surface area contributed by atoms with Gasteiger partial charge in [0, 0.05) is 50.9 Å². The van der Waals surface area contributed by atoms with Crippen molar-refractivity contribution in [2.75, 3.05) is 32.8 Å². The summed E-state index contributed by atoms with van der Waals surface area (Å²) in [4.78, 5) is 11.0. The highest BCUT2D eigenvalue weighted by atomic mass is 16.5. The van der Waals surface area contributed by atoms with Crippen molar-refractivity contribution in [3.05, 3.63) is 55.3 Å². The first-order valence-corrected chi connectivity index (χ1v) is 9.32. The van der Waals surface area contributed by atoms with Gasteiger partial charge in [-0.1, -0.05) is 12.1 Å². The van der Waals surface area contributed by atoms with Gasteiger partial charge in [-0.25, -0.2) is 9.97 Å². The summed E-state index contributed by atoms with van der Waals surface area (Å²) in [7, 11) is 0. The van der Waals surface area contributed by atoms with Crippen LogP contribution in [0.25, 0.3) is 0 Å². The molecule has 0 saturated carbocycles. The second-order valence-electron chi connectivity index (χ2n) is 6.61. The van der Waals surface area contributed by atoms with Gasteiger partial charge in [0.25, 0.3) is 0 Å². The van der Waals surface area contributed by atoms with Crippen molar-refractivity contribution in [3.8, 4) is 5.88 Å². The van der Waals surface area contributed by atoms with Crippen LogP contribution in [0.1, 0.15) is 24.8 Å². The van der Waals surface area contributed by atoms with Crippen molar-refractivity contribution in [2.24, 2.45) is 0 Å². The summed E-state index contributed by atoms with van der Waals surface area (Å²) in [5, 5.41) is 0. The highest BCUT2D eigenvalue weighted by Gasteiger charge is 2.17. The molecule has 0 unspecified atom stereocenters. The maximum atomic E-state index is 6.19.